The maximum Gasteiger partial charge on any atom is 0.325 e. The first-order valence-corrected chi connectivity index (χ1v) is 29.2. The Kier molecular flexibility index (Phi) is 30.8. The molecule has 89 heavy (non-hydrogen) atoms. The molecule has 3 rings (SSSR count). The molecule has 35 nitrogen and oxygen atoms in total. The molecule has 1 aromatic heterocycles. The predicted molar refractivity (Wildman–Crippen MR) is 306 cm³/mol. The number of aromatic nitrogens is 2. The third-order valence-electron chi connectivity index (χ3n) is 14.8. The molecule has 15 atom stereocenters. The van der Waals surface area contributed by atoms with E-state index >= 15 is 0 Å². The number of aliphatic carboxylic acids is 3. The van der Waals surface area contributed by atoms with E-state index in [1.807, 2.05) is 0 Å². The number of aliphatic hydroxyl groups excluding tert-OH is 6. The highest BCUT2D eigenvalue weighted by Gasteiger charge is 2.55. The van der Waals surface area contributed by atoms with Crippen molar-refractivity contribution in [2.75, 3.05) is 32.9 Å². The number of carboxylic acid groups (broad SMARTS) is 3. The minimum absolute atomic E-state index is 0.0671. The van der Waals surface area contributed by atoms with E-state index in [2.05, 4.69) is 57.8 Å². The highest BCUT2D eigenvalue weighted by molar-refractivity contribution is 5.99. The van der Waals surface area contributed by atoms with Crippen LogP contribution in [-0.2, 0) is 68.7 Å². The number of carbonyl (C=O) groups is 12. The van der Waals surface area contributed by atoms with Crippen molar-refractivity contribution >= 4 is 71.1 Å². The third-order valence-corrected chi connectivity index (χ3v) is 14.8. The Balaban J connectivity index is 1.88. The monoisotopic (exact) mass is 1270 g/mol. The standard InChI is InChI=1S/C54H89N13O22/c1-25(2)18-33(62-47(81)34(19-29-20-56-24-57-29)63-51(85)40(26(3)4)66-54(23-70)43(77)42(76)37(22-69)89-54)48(82)65-41(28(6)71)52(86)67-17-9-11-36(67)50(84)61-32(13-15-39(74)75)46(80)60-31(12-14-38(72)73)45(79)59-30(10-7-8-16-55)44(78)64-35(21-68)49(83)58-27(5)53(87)88/h20,24-28,30-37,40-43,66,68-71,76-77H,7-19,21-23,55H2,1-6H3,(H,56,57)(H,58,83)(H,59,79)(H,60,80)(H,61,84)(H,62,81)(H,63,85)(H,64,78)(H,65,82)(H,72,73)(H,74,75)(H,87,88)/t27-,28+,30-,31-,32-,33-,34-,35-,36-,37+,40-,41-,42+,43-,54-/m0/s1. The first-order valence-electron chi connectivity index (χ1n) is 29.2. The molecule has 0 saturated carbocycles. The number of carboxylic acids is 3. The van der Waals surface area contributed by atoms with Crippen molar-refractivity contribution in [3.63, 3.8) is 0 Å². The van der Waals surface area contributed by atoms with Crippen LogP contribution >= 0.6 is 0 Å². The van der Waals surface area contributed by atoms with E-state index in [9.17, 15) is 103 Å². The molecule has 9 amide bonds. The molecule has 2 saturated heterocycles. The first-order chi connectivity index (χ1) is 41.8. The van der Waals surface area contributed by atoms with Crippen LogP contribution in [0.5, 0.6) is 0 Å². The molecule has 2 aliphatic rings. The number of imidazole rings is 1. The van der Waals surface area contributed by atoms with Crippen LogP contribution in [0.1, 0.15) is 111 Å². The topological polar surface area (TPSA) is 562 Å². The zero-order chi connectivity index (χ0) is 67.0. The number of rotatable bonds is 39. The number of nitrogens with zero attached hydrogens (tertiary/aromatic N) is 2. The Morgan fingerprint density at radius 1 is 0.685 bits per heavy atom. The number of unbranched alkanes of at least 4 members (excludes halogenated alkanes) is 1. The first kappa shape index (κ1) is 75.7. The van der Waals surface area contributed by atoms with Gasteiger partial charge in [-0.15, -0.1) is 0 Å². The summed E-state index contributed by atoms with van der Waals surface area (Å²) in [4.78, 5) is 168. The number of hydrogen-bond acceptors (Lipinski definition) is 22. The normalized spacial score (nSPS) is 21.5. The van der Waals surface area contributed by atoms with Crippen molar-refractivity contribution in [3.8, 4) is 0 Å². The number of hydrogen-bond donors (Lipinski definition) is 20. The average Bonchev–Trinajstić information content (AvgIpc) is 1.70. The fourth-order valence-corrected chi connectivity index (χ4v) is 9.80. The summed E-state index contributed by atoms with van der Waals surface area (Å²) in [6.07, 6.45) is -6.48. The number of H-pyrrole nitrogens is 1. The van der Waals surface area contributed by atoms with Crippen molar-refractivity contribution in [2.45, 2.75) is 203 Å². The van der Waals surface area contributed by atoms with Crippen LogP contribution in [0.4, 0.5) is 0 Å². The Bertz CT molecular complexity index is 2580. The number of amides is 9. The molecule has 0 aliphatic carbocycles. The summed E-state index contributed by atoms with van der Waals surface area (Å²) in [7, 11) is 0. The fraction of sp³-hybridized carbons (Fsp3) is 0.722. The molecule has 1 aromatic rings. The van der Waals surface area contributed by atoms with Gasteiger partial charge in [0.2, 0.25) is 53.2 Å². The van der Waals surface area contributed by atoms with Crippen LogP contribution in [0.25, 0.3) is 0 Å². The molecule has 0 bridgehead atoms. The Labute approximate surface area is 512 Å². The van der Waals surface area contributed by atoms with Crippen molar-refractivity contribution < 1.29 is 108 Å². The van der Waals surface area contributed by atoms with E-state index in [4.69, 9.17) is 10.5 Å². The van der Waals surface area contributed by atoms with E-state index in [0.29, 0.717) is 12.1 Å². The Morgan fingerprint density at radius 2 is 1.21 bits per heavy atom. The number of ether oxygens (including phenoxy) is 1. The largest absolute Gasteiger partial charge is 0.481 e. The van der Waals surface area contributed by atoms with Crippen LogP contribution in [-0.4, -0.2) is 255 Å². The number of aromatic amines is 1. The van der Waals surface area contributed by atoms with Gasteiger partial charge in [0.1, 0.15) is 72.7 Å². The smallest absolute Gasteiger partial charge is 0.325 e. The average molecular weight is 1270 g/mol. The highest BCUT2D eigenvalue weighted by atomic mass is 16.6. The van der Waals surface area contributed by atoms with E-state index in [-0.39, 0.29) is 57.5 Å². The minimum Gasteiger partial charge on any atom is -0.481 e. The van der Waals surface area contributed by atoms with Crippen molar-refractivity contribution in [2.24, 2.45) is 17.6 Å². The lowest BCUT2D eigenvalue weighted by molar-refractivity contribution is -0.153. The number of nitrogens with two attached hydrogens (primary N) is 1. The molecule has 2 aliphatic heterocycles. The van der Waals surface area contributed by atoms with Crippen LogP contribution in [0.15, 0.2) is 12.5 Å². The number of carbonyl (C=O) groups excluding carboxylic acids is 9. The van der Waals surface area contributed by atoms with E-state index in [1.54, 1.807) is 27.7 Å². The highest BCUT2D eigenvalue weighted by Crippen LogP contribution is 2.30. The summed E-state index contributed by atoms with van der Waals surface area (Å²) in [5, 5.41) is 113. The molecule has 0 aromatic carbocycles. The van der Waals surface area contributed by atoms with Crippen LogP contribution in [0.2, 0.25) is 0 Å². The zero-order valence-electron chi connectivity index (χ0n) is 50.5. The van der Waals surface area contributed by atoms with Crippen molar-refractivity contribution in [1.82, 2.24) is 62.7 Å². The lowest BCUT2D eigenvalue weighted by Crippen LogP contribution is -2.66. The van der Waals surface area contributed by atoms with Gasteiger partial charge in [-0.3, -0.25) is 62.9 Å². The molecule has 21 N–H and O–H groups in total. The van der Waals surface area contributed by atoms with Gasteiger partial charge in [-0.1, -0.05) is 27.7 Å². The van der Waals surface area contributed by atoms with Crippen molar-refractivity contribution in [1.29, 1.82) is 0 Å². The Morgan fingerprint density at radius 3 is 1.70 bits per heavy atom. The summed E-state index contributed by atoms with van der Waals surface area (Å²) in [5.74, 6) is -14.6. The van der Waals surface area contributed by atoms with Gasteiger partial charge in [0, 0.05) is 37.7 Å². The molecule has 502 valence electrons. The van der Waals surface area contributed by atoms with Gasteiger partial charge in [-0.25, -0.2) is 4.98 Å². The number of aliphatic hydroxyl groups is 6. The van der Waals surface area contributed by atoms with E-state index < -0.39 is 213 Å². The van der Waals surface area contributed by atoms with E-state index in [0.717, 1.165) is 18.7 Å². The van der Waals surface area contributed by atoms with Gasteiger partial charge in [-0.05, 0) is 83.6 Å². The van der Waals surface area contributed by atoms with Crippen LogP contribution in [0, 0.1) is 11.8 Å². The third kappa shape index (κ3) is 22.8. The molecule has 0 radical (unpaired) electrons. The maximum absolute atomic E-state index is 14.5. The molecule has 2 fully saturated rings. The maximum atomic E-state index is 14.5. The van der Waals surface area contributed by atoms with Gasteiger partial charge in [0.15, 0.2) is 5.72 Å². The van der Waals surface area contributed by atoms with Gasteiger partial charge < -0.3 is 109 Å². The minimum atomic E-state index is -2.14. The molecule has 0 spiro atoms. The summed E-state index contributed by atoms with van der Waals surface area (Å²) < 4.78 is 5.61. The molecular weight excluding hydrogens is 1180 g/mol. The lowest BCUT2D eigenvalue weighted by atomic mass is 9.97. The quantitative estimate of drug-likeness (QED) is 0.0272. The van der Waals surface area contributed by atoms with Gasteiger partial charge in [-0.2, -0.15) is 0 Å². The number of nitrogens with one attached hydrogen (secondary N) is 10. The molecule has 35 heteroatoms. The molecule has 3 heterocycles. The van der Waals surface area contributed by atoms with Gasteiger partial charge in [0.05, 0.1) is 38.3 Å². The summed E-state index contributed by atoms with van der Waals surface area (Å²) in [6, 6.07) is -15.8. The summed E-state index contributed by atoms with van der Waals surface area (Å²) >= 11 is 0. The molecule has 0 unspecified atom stereocenters. The van der Waals surface area contributed by atoms with Crippen LogP contribution < -0.4 is 53.6 Å². The van der Waals surface area contributed by atoms with Gasteiger partial charge >= 0.3 is 17.9 Å². The second kappa shape index (κ2) is 36.2. The van der Waals surface area contributed by atoms with Gasteiger partial charge in [0.25, 0.3) is 0 Å². The Hall–Kier alpha value is -7.51. The molecular formula is C54H89N13O22. The zero-order valence-corrected chi connectivity index (χ0v) is 50.5. The lowest BCUT2D eigenvalue weighted by Gasteiger charge is -2.36. The fourth-order valence-electron chi connectivity index (χ4n) is 9.80. The summed E-state index contributed by atoms with van der Waals surface area (Å²) in [6.45, 7) is 6.16. The second-order valence-electron chi connectivity index (χ2n) is 22.8. The predicted octanol–water partition coefficient (Wildman–Crippen LogP) is -7.38. The second-order valence-corrected chi connectivity index (χ2v) is 22.8. The number of likely N-dealkylation sites (tertiary alicyclic amines) is 1. The van der Waals surface area contributed by atoms with E-state index in [1.165, 1.54) is 12.5 Å². The SMILES string of the molecule is CC(C)C[C@H](NC(=O)[C@H](Cc1cnc[nH]1)NC(=O)[C@@H](N[C@@]1(CO)O[C@H](CO)[C@@H](O)[C@@H]1O)C(C)C)C(=O)N[C@H](C(=O)N1CCC[C@H]1C(=O)N[C@@H](CCC(=O)O)C(=O)N[C@@H](CCC(=O)O)C(=O)N[C@@H](CCCCN)C(=O)N[C@@H](CO)C(=O)N[C@@H](C)C(=O)O)[C@@H](C)O. The van der Waals surface area contributed by atoms with Crippen molar-refractivity contribution in [3.05, 3.63) is 18.2 Å². The van der Waals surface area contributed by atoms with Crippen LogP contribution in [0.3, 0.4) is 0 Å². The summed E-state index contributed by atoms with van der Waals surface area (Å²) in [5.41, 5.74) is 3.83.